The van der Waals surface area contributed by atoms with E-state index in [1.807, 2.05) is 35.4 Å². The second-order valence-electron chi connectivity index (χ2n) is 5.98. The minimum atomic E-state index is -0.207. The monoisotopic (exact) mass is 378 g/mol. The van der Waals surface area contributed by atoms with Crippen molar-refractivity contribution in [2.75, 3.05) is 26.2 Å². The van der Waals surface area contributed by atoms with Crippen LogP contribution in [0.15, 0.2) is 42.7 Å². The molecule has 7 heteroatoms. The Bertz CT molecular complexity index is 720. The number of carbonyl (C=O) groups excluding carboxylic acids is 1. The third-order valence-corrected chi connectivity index (χ3v) is 4.95. The van der Waals surface area contributed by atoms with Gasteiger partial charge in [-0.05, 0) is 35.7 Å². The Labute approximate surface area is 157 Å². The van der Waals surface area contributed by atoms with E-state index in [9.17, 15) is 4.79 Å². The van der Waals surface area contributed by atoms with Crippen LogP contribution in [-0.2, 0) is 6.42 Å². The van der Waals surface area contributed by atoms with Crippen LogP contribution in [0, 0.1) is 0 Å². The summed E-state index contributed by atoms with van der Waals surface area (Å²) in [5.41, 5.74) is 1.96. The first kappa shape index (κ1) is 18.0. The van der Waals surface area contributed by atoms with Gasteiger partial charge in [0.25, 0.3) is 0 Å². The number of carbonyl (C=O) groups is 1. The molecule has 0 bridgehead atoms. The van der Waals surface area contributed by atoms with Crippen LogP contribution in [0.2, 0.25) is 10.0 Å². The molecular weight excluding hydrogens is 359 g/mol. The van der Waals surface area contributed by atoms with Crippen molar-refractivity contribution in [3.63, 3.8) is 0 Å². The maximum Gasteiger partial charge on any atom is 0.317 e. The normalized spacial score (nSPS) is 15.7. The summed E-state index contributed by atoms with van der Waals surface area (Å²) in [6.45, 7) is 3.03. The number of nitrogens with one attached hydrogen (secondary N) is 2. The standard InChI is InChI=1S/C18H20Cl2N4O/c19-15-4-3-14(11-16(15)20)17(10-13-2-1-5-22-12-13)23-18(25)24-8-6-21-7-9-24/h1-5,11-12,17,21H,6-10H2,(H,23,25). The molecule has 1 atom stereocenters. The average molecular weight is 379 g/mol. The fourth-order valence-electron chi connectivity index (χ4n) is 2.84. The van der Waals surface area contributed by atoms with Crippen LogP contribution in [0.5, 0.6) is 0 Å². The molecule has 0 saturated carbocycles. The van der Waals surface area contributed by atoms with E-state index in [0.29, 0.717) is 29.6 Å². The van der Waals surface area contributed by atoms with Crippen LogP contribution in [0.3, 0.4) is 0 Å². The molecule has 1 aliphatic rings. The van der Waals surface area contributed by atoms with E-state index in [1.165, 1.54) is 0 Å². The molecule has 1 unspecified atom stereocenters. The molecule has 3 rings (SSSR count). The highest BCUT2D eigenvalue weighted by Gasteiger charge is 2.21. The Morgan fingerprint density at radius 2 is 2.04 bits per heavy atom. The summed E-state index contributed by atoms with van der Waals surface area (Å²) < 4.78 is 0. The molecule has 0 spiro atoms. The quantitative estimate of drug-likeness (QED) is 0.857. The predicted molar refractivity (Wildman–Crippen MR) is 100 cm³/mol. The fourth-order valence-corrected chi connectivity index (χ4v) is 3.15. The third kappa shape index (κ3) is 4.84. The molecule has 1 aromatic heterocycles. The number of benzene rings is 1. The molecule has 2 N–H and O–H groups in total. The molecule has 2 amide bonds. The summed E-state index contributed by atoms with van der Waals surface area (Å²) in [4.78, 5) is 18.6. The molecule has 1 fully saturated rings. The molecule has 1 aromatic carbocycles. The second-order valence-corrected chi connectivity index (χ2v) is 6.79. The summed E-state index contributed by atoms with van der Waals surface area (Å²) in [5.74, 6) is 0. The van der Waals surface area contributed by atoms with E-state index < -0.39 is 0 Å². The summed E-state index contributed by atoms with van der Waals surface area (Å²) >= 11 is 12.2. The van der Waals surface area contributed by atoms with E-state index in [4.69, 9.17) is 23.2 Å². The topological polar surface area (TPSA) is 57.3 Å². The molecule has 2 aromatic rings. The number of piperazine rings is 1. The van der Waals surface area contributed by atoms with Crippen molar-refractivity contribution in [3.8, 4) is 0 Å². The predicted octanol–water partition coefficient (Wildman–Crippen LogP) is 3.29. The number of pyridine rings is 1. The third-order valence-electron chi connectivity index (χ3n) is 4.21. The van der Waals surface area contributed by atoms with Crippen molar-refractivity contribution >= 4 is 29.2 Å². The number of rotatable bonds is 4. The number of halogens is 2. The van der Waals surface area contributed by atoms with Crippen molar-refractivity contribution in [3.05, 3.63) is 63.9 Å². The lowest BCUT2D eigenvalue weighted by Crippen LogP contribution is -2.51. The first-order chi connectivity index (χ1) is 12.1. The largest absolute Gasteiger partial charge is 0.331 e. The van der Waals surface area contributed by atoms with Crippen LogP contribution in [0.4, 0.5) is 4.79 Å². The van der Waals surface area contributed by atoms with Crippen LogP contribution >= 0.6 is 23.2 Å². The van der Waals surface area contributed by atoms with Crippen molar-refractivity contribution in [1.82, 2.24) is 20.5 Å². The summed E-state index contributed by atoms with van der Waals surface area (Å²) in [7, 11) is 0. The lowest BCUT2D eigenvalue weighted by atomic mass is 10.00. The van der Waals surface area contributed by atoms with Gasteiger partial charge in [-0.1, -0.05) is 35.3 Å². The number of aromatic nitrogens is 1. The van der Waals surface area contributed by atoms with Gasteiger partial charge >= 0.3 is 6.03 Å². The maximum absolute atomic E-state index is 12.6. The van der Waals surface area contributed by atoms with Gasteiger partial charge in [-0.25, -0.2) is 4.79 Å². The Kier molecular flexibility index (Phi) is 6.13. The number of hydrogen-bond donors (Lipinski definition) is 2. The fraction of sp³-hybridized carbons (Fsp3) is 0.333. The number of hydrogen-bond acceptors (Lipinski definition) is 3. The van der Waals surface area contributed by atoms with Gasteiger partial charge in [-0.2, -0.15) is 0 Å². The van der Waals surface area contributed by atoms with E-state index in [2.05, 4.69) is 15.6 Å². The highest BCUT2D eigenvalue weighted by Crippen LogP contribution is 2.27. The smallest absolute Gasteiger partial charge is 0.317 e. The van der Waals surface area contributed by atoms with E-state index in [1.54, 1.807) is 12.3 Å². The van der Waals surface area contributed by atoms with Gasteiger partial charge in [0.05, 0.1) is 16.1 Å². The Hall–Kier alpha value is -1.82. The lowest BCUT2D eigenvalue weighted by molar-refractivity contribution is 0.186. The lowest BCUT2D eigenvalue weighted by Gasteiger charge is -2.30. The Balaban J connectivity index is 1.80. The molecule has 1 aliphatic heterocycles. The SMILES string of the molecule is O=C(NC(Cc1cccnc1)c1ccc(Cl)c(Cl)c1)N1CCNCC1. The van der Waals surface area contributed by atoms with Gasteiger partial charge in [-0.15, -0.1) is 0 Å². The molecule has 2 heterocycles. The van der Waals surface area contributed by atoms with Gasteiger partial charge in [0.2, 0.25) is 0 Å². The minimum Gasteiger partial charge on any atom is -0.331 e. The zero-order valence-electron chi connectivity index (χ0n) is 13.7. The summed E-state index contributed by atoms with van der Waals surface area (Å²) in [6, 6.07) is 9.07. The first-order valence-electron chi connectivity index (χ1n) is 8.23. The molecule has 0 radical (unpaired) electrons. The van der Waals surface area contributed by atoms with Crippen molar-refractivity contribution < 1.29 is 4.79 Å². The van der Waals surface area contributed by atoms with Crippen molar-refractivity contribution in [2.45, 2.75) is 12.5 Å². The van der Waals surface area contributed by atoms with Crippen LogP contribution in [-0.4, -0.2) is 42.1 Å². The molecule has 25 heavy (non-hydrogen) atoms. The highest BCUT2D eigenvalue weighted by molar-refractivity contribution is 6.42. The summed E-state index contributed by atoms with van der Waals surface area (Å²) in [5, 5.41) is 7.35. The molecule has 1 saturated heterocycles. The highest BCUT2D eigenvalue weighted by atomic mass is 35.5. The van der Waals surface area contributed by atoms with Crippen molar-refractivity contribution in [1.29, 1.82) is 0 Å². The number of amides is 2. The first-order valence-corrected chi connectivity index (χ1v) is 8.99. The average Bonchev–Trinajstić information content (AvgIpc) is 2.65. The minimum absolute atomic E-state index is 0.0681. The van der Waals surface area contributed by atoms with Gasteiger partial charge in [0.15, 0.2) is 0 Å². The van der Waals surface area contributed by atoms with E-state index in [0.717, 1.165) is 24.2 Å². The Morgan fingerprint density at radius 3 is 2.72 bits per heavy atom. The maximum atomic E-state index is 12.6. The van der Waals surface area contributed by atoms with Crippen molar-refractivity contribution in [2.24, 2.45) is 0 Å². The van der Waals surface area contributed by atoms with Crippen LogP contribution in [0.25, 0.3) is 0 Å². The van der Waals surface area contributed by atoms with E-state index >= 15 is 0 Å². The van der Waals surface area contributed by atoms with Gasteiger partial charge in [-0.3, -0.25) is 4.98 Å². The summed E-state index contributed by atoms with van der Waals surface area (Å²) in [6.07, 6.45) is 4.17. The van der Waals surface area contributed by atoms with Gasteiger partial charge < -0.3 is 15.5 Å². The van der Waals surface area contributed by atoms with Gasteiger partial charge in [0, 0.05) is 38.6 Å². The van der Waals surface area contributed by atoms with Crippen LogP contribution < -0.4 is 10.6 Å². The second kappa shape index (κ2) is 8.52. The number of urea groups is 1. The van der Waals surface area contributed by atoms with Gasteiger partial charge in [0.1, 0.15) is 0 Å². The van der Waals surface area contributed by atoms with E-state index in [-0.39, 0.29) is 12.1 Å². The molecular formula is C18H20Cl2N4O. The van der Waals surface area contributed by atoms with Crippen LogP contribution in [0.1, 0.15) is 17.2 Å². The molecule has 132 valence electrons. The zero-order chi connectivity index (χ0) is 17.6. The zero-order valence-corrected chi connectivity index (χ0v) is 15.2. The number of nitrogens with zero attached hydrogens (tertiary/aromatic N) is 2. The molecule has 5 nitrogen and oxygen atoms in total. The molecule has 0 aliphatic carbocycles. The Morgan fingerprint density at radius 1 is 1.24 bits per heavy atom.